The van der Waals surface area contributed by atoms with Crippen molar-refractivity contribution in [2.75, 3.05) is 6.54 Å². The third kappa shape index (κ3) is 3.73. The summed E-state index contributed by atoms with van der Waals surface area (Å²) in [5.41, 5.74) is 6.00. The van der Waals surface area contributed by atoms with E-state index in [0.717, 1.165) is 0 Å². The number of nitrogens with zero attached hydrogens (tertiary/aromatic N) is 2. The molecule has 0 aromatic carbocycles. The molecule has 1 aromatic rings. The Labute approximate surface area is 149 Å². The van der Waals surface area contributed by atoms with Gasteiger partial charge in [0, 0.05) is 31.3 Å². The highest BCUT2D eigenvalue weighted by Gasteiger charge is 2.36. The maximum absolute atomic E-state index is 12.9. The normalized spacial score (nSPS) is 22.9. The number of hydrogen-bond donors (Lipinski definition) is 4. The molecule has 2 aliphatic rings. The Bertz CT molecular complexity index is 744. The smallest absolute Gasteiger partial charge is 0.246 e. The van der Waals surface area contributed by atoms with E-state index in [4.69, 9.17) is 5.73 Å². The van der Waals surface area contributed by atoms with Gasteiger partial charge in [-0.1, -0.05) is 12.2 Å². The molecule has 3 atom stereocenters. The highest BCUT2D eigenvalue weighted by atomic mass is 16.2. The quantitative estimate of drug-likeness (QED) is 0.431. The molecular weight excluding hydrogens is 340 g/mol. The molecule has 138 valence electrons. The van der Waals surface area contributed by atoms with Crippen LogP contribution in [0.2, 0.25) is 0 Å². The van der Waals surface area contributed by atoms with Gasteiger partial charge in [-0.15, -0.1) is 0 Å². The van der Waals surface area contributed by atoms with Crippen molar-refractivity contribution in [2.45, 2.75) is 37.4 Å². The summed E-state index contributed by atoms with van der Waals surface area (Å²) in [6.45, 7) is 0.238. The third-order valence-corrected chi connectivity index (χ3v) is 4.44. The van der Waals surface area contributed by atoms with Crippen molar-refractivity contribution in [3.63, 3.8) is 0 Å². The summed E-state index contributed by atoms with van der Waals surface area (Å²) in [6.07, 6.45) is 7.10. The van der Waals surface area contributed by atoms with Crippen LogP contribution in [0.5, 0.6) is 0 Å². The molecule has 1 fully saturated rings. The average Bonchev–Trinajstić information content (AvgIpc) is 3.34. The molecular formula is C16H20N6O4. The lowest BCUT2D eigenvalue weighted by atomic mass is 10.1. The van der Waals surface area contributed by atoms with E-state index in [-0.39, 0.29) is 25.3 Å². The largest absolute Gasteiger partial charge is 0.368 e. The van der Waals surface area contributed by atoms with Crippen LogP contribution in [0.25, 0.3) is 0 Å². The zero-order valence-electron chi connectivity index (χ0n) is 14.0. The summed E-state index contributed by atoms with van der Waals surface area (Å²) in [7, 11) is 0. The number of H-pyrrole nitrogens is 1. The molecule has 0 saturated carbocycles. The van der Waals surface area contributed by atoms with Crippen molar-refractivity contribution in [3.8, 4) is 0 Å². The van der Waals surface area contributed by atoms with Crippen LogP contribution in [0.15, 0.2) is 24.7 Å². The first-order chi connectivity index (χ1) is 12.5. The van der Waals surface area contributed by atoms with Gasteiger partial charge in [-0.25, -0.2) is 4.98 Å². The second-order valence-electron chi connectivity index (χ2n) is 6.27. The fourth-order valence-electron chi connectivity index (χ4n) is 3.10. The van der Waals surface area contributed by atoms with Crippen molar-refractivity contribution in [3.05, 3.63) is 30.4 Å². The van der Waals surface area contributed by atoms with Crippen LogP contribution in [-0.2, 0) is 25.6 Å². The number of nitrogens with one attached hydrogen (secondary N) is 3. The first-order valence-electron chi connectivity index (χ1n) is 8.29. The molecule has 10 heteroatoms. The van der Waals surface area contributed by atoms with E-state index >= 15 is 0 Å². The Morgan fingerprint density at radius 1 is 1.42 bits per heavy atom. The van der Waals surface area contributed by atoms with Crippen LogP contribution < -0.4 is 16.4 Å². The molecule has 0 aliphatic carbocycles. The number of imidazole rings is 1. The Hall–Kier alpha value is -3.17. The molecule has 10 nitrogen and oxygen atoms in total. The van der Waals surface area contributed by atoms with E-state index in [9.17, 15) is 19.2 Å². The average molecular weight is 360 g/mol. The molecule has 2 aliphatic heterocycles. The van der Waals surface area contributed by atoms with Crippen molar-refractivity contribution < 1.29 is 19.2 Å². The maximum atomic E-state index is 12.9. The maximum Gasteiger partial charge on any atom is 0.246 e. The molecule has 1 aromatic heterocycles. The van der Waals surface area contributed by atoms with E-state index < -0.39 is 35.8 Å². The first kappa shape index (κ1) is 17.6. The highest BCUT2D eigenvalue weighted by Crippen LogP contribution is 2.14. The summed E-state index contributed by atoms with van der Waals surface area (Å²) in [4.78, 5) is 56.4. The van der Waals surface area contributed by atoms with Crippen LogP contribution in [0.3, 0.4) is 0 Å². The number of rotatable bonds is 6. The second kappa shape index (κ2) is 7.38. The minimum absolute atomic E-state index is 0.174. The van der Waals surface area contributed by atoms with Gasteiger partial charge in [-0.05, 0) is 6.42 Å². The lowest BCUT2D eigenvalue weighted by Gasteiger charge is -2.28. The van der Waals surface area contributed by atoms with Gasteiger partial charge in [0.15, 0.2) is 0 Å². The van der Waals surface area contributed by atoms with Gasteiger partial charge in [0.1, 0.15) is 18.1 Å². The Morgan fingerprint density at radius 2 is 2.23 bits per heavy atom. The van der Waals surface area contributed by atoms with Gasteiger partial charge >= 0.3 is 0 Å². The second-order valence-corrected chi connectivity index (χ2v) is 6.27. The van der Waals surface area contributed by atoms with E-state index in [1.165, 1.54) is 11.2 Å². The number of aromatic nitrogens is 2. The number of primary amides is 1. The van der Waals surface area contributed by atoms with Crippen LogP contribution in [-0.4, -0.2) is 63.2 Å². The SMILES string of the molecule is NC(=O)[C@@H]1C=CCN1C(=O)[C@H](Cc1cnc[nH]1)NC(=O)[C@@H]1CCC(=O)N1. The van der Waals surface area contributed by atoms with Gasteiger partial charge in [-0.3, -0.25) is 19.2 Å². The van der Waals surface area contributed by atoms with Gasteiger partial charge in [0.05, 0.1) is 6.33 Å². The van der Waals surface area contributed by atoms with Crippen molar-refractivity contribution >= 4 is 23.6 Å². The summed E-state index contributed by atoms with van der Waals surface area (Å²) < 4.78 is 0. The van der Waals surface area contributed by atoms with Gasteiger partial charge in [-0.2, -0.15) is 0 Å². The molecule has 1 saturated heterocycles. The zero-order valence-corrected chi connectivity index (χ0v) is 14.0. The monoisotopic (exact) mass is 360 g/mol. The Kier molecular flexibility index (Phi) is 5.01. The molecule has 3 rings (SSSR count). The number of aromatic amines is 1. The lowest BCUT2D eigenvalue weighted by molar-refractivity contribution is -0.140. The van der Waals surface area contributed by atoms with Crippen LogP contribution >= 0.6 is 0 Å². The summed E-state index contributed by atoms with van der Waals surface area (Å²) in [6, 6.07) is -2.42. The van der Waals surface area contributed by atoms with E-state index in [2.05, 4.69) is 20.6 Å². The van der Waals surface area contributed by atoms with E-state index in [0.29, 0.717) is 12.1 Å². The molecule has 5 N–H and O–H groups in total. The molecule has 0 radical (unpaired) electrons. The topological polar surface area (TPSA) is 150 Å². The molecule has 0 bridgehead atoms. The Morgan fingerprint density at radius 3 is 2.85 bits per heavy atom. The van der Waals surface area contributed by atoms with Gasteiger partial charge in [0.25, 0.3) is 0 Å². The van der Waals surface area contributed by atoms with Crippen molar-refractivity contribution in [2.24, 2.45) is 5.73 Å². The van der Waals surface area contributed by atoms with Crippen LogP contribution in [0.1, 0.15) is 18.5 Å². The number of amides is 4. The van der Waals surface area contributed by atoms with Crippen LogP contribution in [0, 0.1) is 0 Å². The standard InChI is InChI=1S/C16H20N6O4/c17-14(24)12-2-1-5-22(12)16(26)11(6-9-7-18-8-19-9)21-15(25)10-3-4-13(23)20-10/h1-2,7-8,10-12H,3-6H2,(H2,17,24)(H,18,19)(H,20,23)(H,21,25)/t10-,11-,12-/m0/s1. The molecule has 0 spiro atoms. The summed E-state index contributed by atoms with van der Waals surface area (Å²) in [5, 5.41) is 5.25. The fourth-order valence-corrected chi connectivity index (χ4v) is 3.10. The van der Waals surface area contributed by atoms with Gasteiger partial charge in [0.2, 0.25) is 23.6 Å². The van der Waals surface area contributed by atoms with E-state index in [1.54, 1.807) is 18.3 Å². The molecule has 3 heterocycles. The molecule has 0 unspecified atom stereocenters. The predicted molar refractivity (Wildman–Crippen MR) is 89.2 cm³/mol. The predicted octanol–water partition coefficient (Wildman–Crippen LogP) is -2.03. The first-order valence-corrected chi connectivity index (χ1v) is 8.29. The minimum atomic E-state index is -0.915. The molecule has 26 heavy (non-hydrogen) atoms. The van der Waals surface area contributed by atoms with Crippen LogP contribution in [0.4, 0.5) is 0 Å². The zero-order chi connectivity index (χ0) is 18.7. The number of carbonyl (C=O) groups excluding carboxylic acids is 4. The third-order valence-electron chi connectivity index (χ3n) is 4.44. The number of nitrogens with two attached hydrogens (primary N) is 1. The number of carbonyl (C=O) groups is 4. The van der Waals surface area contributed by atoms with Crippen molar-refractivity contribution in [1.82, 2.24) is 25.5 Å². The lowest BCUT2D eigenvalue weighted by Crippen LogP contribution is -2.56. The molecule has 4 amide bonds. The van der Waals surface area contributed by atoms with Gasteiger partial charge < -0.3 is 26.3 Å². The van der Waals surface area contributed by atoms with Crippen molar-refractivity contribution in [1.29, 1.82) is 0 Å². The summed E-state index contributed by atoms with van der Waals surface area (Å²) >= 11 is 0. The van der Waals surface area contributed by atoms with E-state index in [1.807, 2.05) is 0 Å². The Balaban J connectivity index is 1.74. The highest BCUT2D eigenvalue weighted by molar-refractivity contribution is 5.96. The summed E-state index contributed by atoms with van der Waals surface area (Å²) in [5.74, 6) is -1.69. The fraction of sp³-hybridized carbons (Fsp3) is 0.438. The number of hydrogen-bond acceptors (Lipinski definition) is 5. The minimum Gasteiger partial charge on any atom is -0.368 e.